The molecule has 1 saturated heterocycles. The molecule has 0 radical (unpaired) electrons. The maximum absolute atomic E-state index is 4.59. The van der Waals surface area contributed by atoms with Crippen LogP contribution in [-0.4, -0.2) is 53.1 Å². The van der Waals surface area contributed by atoms with Gasteiger partial charge in [0.1, 0.15) is 11.6 Å². The number of nitrogens with zero attached hydrogens (tertiary/aromatic N) is 5. The SMILES string of the molecule is CN1CCN(c2ccc3nnn(C(c4ccccc4)c4ccccc4)c3c2)CC1. The monoisotopic (exact) mass is 383 g/mol. The van der Waals surface area contributed by atoms with Crippen LogP contribution in [0.5, 0.6) is 0 Å². The standard InChI is InChI=1S/C24H25N5/c1-27-14-16-28(17-15-27)21-12-13-22-23(18-21)29(26-25-22)24(19-8-4-2-5-9-19)20-10-6-3-7-11-20/h2-13,18,24H,14-17H2,1H3. The number of benzene rings is 3. The molecule has 1 aliphatic rings. The summed E-state index contributed by atoms with van der Waals surface area (Å²) in [6, 6.07) is 27.6. The third-order valence-electron chi connectivity index (χ3n) is 5.80. The molecule has 146 valence electrons. The Balaban J connectivity index is 1.61. The lowest BCUT2D eigenvalue weighted by Gasteiger charge is -2.34. The van der Waals surface area contributed by atoms with Crippen LogP contribution in [0.2, 0.25) is 0 Å². The average molecular weight is 383 g/mol. The maximum atomic E-state index is 4.59. The summed E-state index contributed by atoms with van der Waals surface area (Å²) in [7, 11) is 2.18. The van der Waals surface area contributed by atoms with Crippen LogP contribution >= 0.6 is 0 Å². The zero-order chi connectivity index (χ0) is 19.6. The Labute approximate surface area is 171 Å². The van der Waals surface area contributed by atoms with Crippen molar-refractivity contribution in [2.24, 2.45) is 0 Å². The number of anilines is 1. The largest absolute Gasteiger partial charge is 0.369 e. The first-order chi connectivity index (χ1) is 14.3. The van der Waals surface area contributed by atoms with Gasteiger partial charge in [-0.05, 0) is 36.4 Å². The molecule has 5 rings (SSSR count). The smallest absolute Gasteiger partial charge is 0.113 e. The highest BCUT2D eigenvalue weighted by Crippen LogP contribution is 2.30. The number of rotatable bonds is 4. The van der Waals surface area contributed by atoms with Crippen molar-refractivity contribution in [3.63, 3.8) is 0 Å². The number of piperazine rings is 1. The van der Waals surface area contributed by atoms with Gasteiger partial charge in [-0.3, -0.25) is 0 Å². The van der Waals surface area contributed by atoms with E-state index in [9.17, 15) is 0 Å². The number of hydrogen-bond acceptors (Lipinski definition) is 4. The van der Waals surface area contributed by atoms with Crippen molar-refractivity contribution in [3.8, 4) is 0 Å². The molecular weight excluding hydrogens is 358 g/mol. The van der Waals surface area contributed by atoms with E-state index in [1.807, 2.05) is 0 Å². The van der Waals surface area contributed by atoms with E-state index in [0.29, 0.717) is 0 Å². The molecule has 1 fully saturated rings. The van der Waals surface area contributed by atoms with Gasteiger partial charge in [-0.1, -0.05) is 65.9 Å². The predicted molar refractivity (Wildman–Crippen MR) is 117 cm³/mol. The summed E-state index contributed by atoms with van der Waals surface area (Å²) in [6.07, 6.45) is 0. The van der Waals surface area contributed by atoms with Gasteiger partial charge < -0.3 is 9.80 Å². The Morgan fingerprint density at radius 2 is 1.38 bits per heavy atom. The van der Waals surface area contributed by atoms with Gasteiger partial charge in [-0.15, -0.1) is 5.10 Å². The zero-order valence-electron chi connectivity index (χ0n) is 16.6. The Morgan fingerprint density at radius 3 is 2.00 bits per heavy atom. The molecular formula is C24H25N5. The van der Waals surface area contributed by atoms with E-state index in [0.717, 1.165) is 37.2 Å². The van der Waals surface area contributed by atoms with Crippen LogP contribution < -0.4 is 4.90 Å². The van der Waals surface area contributed by atoms with Crippen LogP contribution in [0.4, 0.5) is 5.69 Å². The third kappa shape index (κ3) is 3.49. The van der Waals surface area contributed by atoms with Gasteiger partial charge in [0.25, 0.3) is 0 Å². The van der Waals surface area contributed by atoms with E-state index < -0.39 is 0 Å². The molecule has 3 aromatic carbocycles. The van der Waals surface area contributed by atoms with E-state index in [2.05, 4.69) is 111 Å². The predicted octanol–water partition coefficient (Wildman–Crippen LogP) is 3.82. The van der Waals surface area contributed by atoms with Gasteiger partial charge >= 0.3 is 0 Å². The quantitative estimate of drug-likeness (QED) is 0.537. The molecule has 4 aromatic rings. The fourth-order valence-corrected chi connectivity index (χ4v) is 4.12. The summed E-state index contributed by atoms with van der Waals surface area (Å²) in [5.41, 5.74) is 5.65. The second kappa shape index (κ2) is 7.68. The molecule has 1 aromatic heterocycles. The molecule has 0 unspecified atom stereocenters. The highest BCUT2D eigenvalue weighted by molar-refractivity contribution is 5.79. The molecule has 0 aliphatic carbocycles. The van der Waals surface area contributed by atoms with Crippen molar-refractivity contribution in [3.05, 3.63) is 90.0 Å². The molecule has 0 atom stereocenters. The lowest BCUT2D eigenvalue weighted by atomic mass is 9.98. The normalized spacial score (nSPS) is 15.3. The lowest BCUT2D eigenvalue weighted by Crippen LogP contribution is -2.44. The van der Waals surface area contributed by atoms with Crippen LogP contribution in [-0.2, 0) is 0 Å². The van der Waals surface area contributed by atoms with Gasteiger partial charge in [-0.25, -0.2) is 4.68 Å². The second-order valence-corrected chi connectivity index (χ2v) is 7.72. The van der Waals surface area contributed by atoms with Gasteiger partial charge in [0.15, 0.2) is 0 Å². The van der Waals surface area contributed by atoms with E-state index in [4.69, 9.17) is 0 Å². The minimum Gasteiger partial charge on any atom is -0.369 e. The Bertz CT molecular complexity index is 1040. The number of fused-ring (bicyclic) bond motifs is 1. The van der Waals surface area contributed by atoms with Crippen molar-refractivity contribution in [1.82, 2.24) is 19.9 Å². The first kappa shape index (κ1) is 17.9. The van der Waals surface area contributed by atoms with Crippen LogP contribution in [0, 0.1) is 0 Å². The summed E-state index contributed by atoms with van der Waals surface area (Å²) in [4.78, 5) is 4.83. The topological polar surface area (TPSA) is 37.2 Å². The highest BCUT2D eigenvalue weighted by atomic mass is 15.4. The van der Waals surface area contributed by atoms with Crippen LogP contribution in [0.15, 0.2) is 78.9 Å². The Morgan fingerprint density at radius 1 is 0.759 bits per heavy atom. The zero-order valence-corrected chi connectivity index (χ0v) is 16.6. The molecule has 0 bridgehead atoms. The van der Waals surface area contributed by atoms with Crippen molar-refractivity contribution in [1.29, 1.82) is 0 Å². The minimum absolute atomic E-state index is 0.00913. The van der Waals surface area contributed by atoms with Gasteiger partial charge in [-0.2, -0.15) is 0 Å². The molecule has 29 heavy (non-hydrogen) atoms. The molecule has 0 spiro atoms. The van der Waals surface area contributed by atoms with E-state index in [1.54, 1.807) is 0 Å². The number of hydrogen-bond donors (Lipinski definition) is 0. The Kier molecular flexibility index (Phi) is 4.74. The molecule has 5 nitrogen and oxygen atoms in total. The van der Waals surface area contributed by atoms with Crippen LogP contribution in [0.1, 0.15) is 17.2 Å². The first-order valence-electron chi connectivity index (χ1n) is 10.2. The van der Waals surface area contributed by atoms with Crippen LogP contribution in [0.3, 0.4) is 0 Å². The van der Waals surface area contributed by atoms with Gasteiger partial charge in [0.05, 0.1) is 5.52 Å². The van der Waals surface area contributed by atoms with E-state index in [-0.39, 0.29) is 6.04 Å². The molecule has 5 heteroatoms. The Hall–Kier alpha value is -3.18. The fraction of sp³-hybridized carbons (Fsp3) is 0.250. The molecule has 0 N–H and O–H groups in total. The number of likely N-dealkylation sites (N-methyl/N-ethyl adjacent to an activating group) is 1. The third-order valence-corrected chi connectivity index (χ3v) is 5.80. The summed E-state index contributed by atoms with van der Waals surface area (Å²) >= 11 is 0. The molecule has 0 amide bonds. The van der Waals surface area contributed by atoms with Crippen molar-refractivity contribution >= 4 is 16.7 Å². The molecule has 1 aliphatic heterocycles. The lowest BCUT2D eigenvalue weighted by molar-refractivity contribution is 0.313. The summed E-state index contributed by atoms with van der Waals surface area (Å²) in [5.74, 6) is 0. The summed E-state index contributed by atoms with van der Waals surface area (Å²) in [5, 5.41) is 9.06. The fourth-order valence-electron chi connectivity index (χ4n) is 4.12. The van der Waals surface area contributed by atoms with Gasteiger partial charge in [0.2, 0.25) is 0 Å². The number of aromatic nitrogens is 3. The molecule has 0 saturated carbocycles. The first-order valence-corrected chi connectivity index (χ1v) is 10.2. The van der Waals surface area contributed by atoms with E-state index >= 15 is 0 Å². The van der Waals surface area contributed by atoms with Crippen molar-refractivity contribution in [2.45, 2.75) is 6.04 Å². The van der Waals surface area contributed by atoms with Crippen molar-refractivity contribution in [2.75, 3.05) is 38.1 Å². The highest BCUT2D eigenvalue weighted by Gasteiger charge is 2.21. The molecule has 2 heterocycles. The minimum atomic E-state index is -0.00913. The second-order valence-electron chi connectivity index (χ2n) is 7.72. The maximum Gasteiger partial charge on any atom is 0.113 e. The van der Waals surface area contributed by atoms with Gasteiger partial charge in [0, 0.05) is 31.9 Å². The summed E-state index contributed by atoms with van der Waals surface area (Å²) < 4.78 is 2.07. The van der Waals surface area contributed by atoms with Crippen molar-refractivity contribution < 1.29 is 0 Å². The summed E-state index contributed by atoms with van der Waals surface area (Å²) in [6.45, 7) is 4.27. The van der Waals surface area contributed by atoms with Crippen LogP contribution in [0.25, 0.3) is 11.0 Å². The van der Waals surface area contributed by atoms with E-state index in [1.165, 1.54) is 16.8 Å². The average Bonchev–Trinajstić information content (AvgIpc) is 3.19.